The summed E-state index contributed by atoms with van der Waals surface area (Å²) in [6.07, 6.45) is 13.2. The van der Waals surface area contributed by atoms with Crippen molar-refractivity contribution in [2.24, 2.45) is 11.8 Å². The number of hydrogen-bond donors (Lipinski definition) is 4. The van der Waals surface area contributed by atoms with Gasteiger partial charge in [0.2, 0.25) is 10.0 Å². The van der Waals surface area contributed by atoms with E-state index in [-0.39, 0.29) is 18.4 Å². The highest BCUT2D eigenvalue weighted by Crippen LogP contribution is 2.37. The highest BCUT2D eigenvalue weighted by molar-refractivity contribution is 7.89. The number of hydrogen-bond acceptors (Lipinski definition) is 7. The maximum atomic E-state index is 11.2. The Labute approximate surface area is 192 Å². The molecule has 32 heavy (non-hydrogen) atoms. The largest absolute Gasteiger partial charge is 0.449 e. The molecule has 5 atom stereocenters. The zero-order valence-electron chi connectivity index (χ0n) is 19.6. The predicted octanol–water partition coefficient (Wildman–Crippen LogP) is 3.03. The fraction of sp³-hybridized carbons (Fsp3) is 0.783. The van der Waals surface area contributed by atoms with E-state index >= 15 is 0 Å². The van der Waals surface area contributed by atoms with Gasteiger partial charge in [0, 0.05) is 12.3 Å². The predicted molar refractivity (Wildman–Crippen MR) is 124 cm³/mol. The van der Waals surface area contributed by atoms with Crippen LogP contribution in [0.4, 0.5) is 4.79 Å². The van der Waals surface area contributed by atoms with Gasteiger partial charge in [0.05, 0.1) is 30.7 Å². The van der Waals surface area contributed by atoms with Crippen LogP contribution in [-0.2, 0) is 14.8 Å². The molecule has 0 heterocycles. The minimum Gasteiger partial charge on any atom is -0.449 e. The third-order valence-electron chi connectivity index (χ3n) is 5.72. The van der Waals surface area contributed by atoms with Crippen LogP contribution in [0.15, 0.2) is 24.3 Å². The second-order valence-electron chi connectivity index (χ2n) is 9.00. The number of amides is 1. The van der Waals surface area contributed by atoms with Crippen LogP contribution in [0.2, 0.25) is 0 Å². The molecule has 0 aliphatic heterocycles. The van der Waals surface area contributed by atoms with Crippen molar-refractivity contribution in [1.82, 2.24) is 4.72 Å². The zero-order valence-corrected chi connectivity index (χ0v) is 20.4. The summed E-state index contributed by atoms with van der Waals surface area (Å²) in [6.45, 7) is 4.03. The molecule has 0 saturated heterocycles. The van der Waals surface area contributed by atoms with E-state index in [2.05, 4.69) is 6.92 Å². The monoisotopic (exact) mass is 475 g/mol. The van der Waals surface area contributed by atoms with Gasteiger partial charge in [0.25, 0.3) is 0 Å². The van der Waals surface area contributed by atoms with Gasteiger partial charge in [-0.1, -0.05) is 50.5 Å². The summed E-state index contributed by atoms with van der Waals surface area (Å²) in [5, 5.41) is 31.2. The summed E-state index contributed by atoms with van der Waals surface area (Å²) >= 11 is 0. The van der Waals surface area contributed by atoms with E-state index in [0.29, 0.717) is 25.7 Å². The molecule has 0 unspecified atom stereocenters. The van der Waals surface area contributed by atoms with Crippen LogP contribution in [0.1, 0.15) is 71.6 Å². The summed E-state index contributed by atoms with van der Waals surface area (Å²) in [7, 11) is -3.61. The number of carbonyl (C=O) groups excluding carboxylic acids is 1. The molecule has 0 aromatic rings. The third-order valence-corrected chi connectivity index (χ3v) is 6.26. The normalized spacial score (nSPS) is 25.9. The van der Waals surface area contributed by atoms with E-state index in [1.165, 1.54) is 0 Å². The van der Waals surface area contributed by atoms with Crippen LogP contribution in [0, 0.1) is 11.8 Å². The molecule has 1 rings (SSSR count). The Kier molecular flexibility index (Phi) is 12.5. The number of rotatable bonds is 14. The van der Waals surface area contributed by atoms with Gasteiger partial charge in [0.15, 0.2) is 0 Å². The van der Waals surface area contributed by atoms with E-state index in [1.807, 2.05) is 18.2 Å². The second-order valence-corrected chi connectivity index (χ2v) is 10.7. The van der Waals surface area contributed by atoms with Crippen molar-refractivity contribution < 1.29 is 33.3 Å². The lowest BCUT2D eigenvalue weighted by molar-refractivity contribution is 0.0953. The highest BCUT2D eigenvalue weighted by atomic mass is 32.2. The third kappa shape index (κ3) is 12.0. The van der Waals surface area contributed by atoms with Gasteiger partial charge in [-0.2, -0.15) is 0 Å². The Balaban J connectivity index is 2.40. The molecule has 1 aliphatic rings. The van der Waals surface area contributed by atoms with Gasteiger partial charge in [0.1, 0.15) is 0 Å². The summed E-state index contributed by atoms with van der Waals surface area (Å²) < 4.78 is 28.3. The molecule has 9 heteroatoms. The molecule has 1 saturated carbocycles. The number of allylic oxidation sites excluding steroid dienone is 2. The Morgan fingerprint density at radius 2 is 1.88 bits per heavy atom. The van der Waals surface area contributed by atoms with E-state index in [4.69, 9.17) is 4.74 Å². The maximum Gasteiger partial charge on any atom is 0.420 e. The number of ether oxygens (including phenoxy) is 1. The first-order valence-electron chi connectivity index (χ1n) is 11.5. The Bertz CT molecular complexity index is 718. The molecule has 8 nitrogen and oxygen atoms in total. The summed E-state index contributed by atoms with van der Waals surface area (Å²) in [5.41, 5.74) is -0.914. The molecule has 4 N–H and O–H groups in total. The average molecular weight is 476 g/mol. The molecule has 0 spiro atoms. The van der Waals surface area contributed by atoms with E-state index in [9.17, 15) is 28.5 Å². The molecular weight excluding hydrogens is 434 g/mol. The lowest BCUT2D eigenvalue weighted by atomic mass is 9.88. The molecule has 0 radical (unpaired) electrons. The number of sulfonamides is 1. The van der Waals surface area contributed by atoms with Crippen LogP contribution in [0.5, 0.6) is 0 Å². The van der Waals surface area contributed by atoms with Crippen molar-refractivity contribution >= 4 is 16.1 Å². The molecule has 1 amide bonds. The number of aliphatic hydroxyl groups excluding tert-OH is 2. The highest BCUT2D eigenvalue weighted by Gasteiger charge is 2.39. The Morgan fingerprint density at radius 1 is 1.16 bits per heavy atom. The van der Waals surface area contributed by atoms with E-state index < -0.39 is 33.9 Å². The Morgan fingerprint density at radius 3 is 2.53 bits per heavy atom. The quantitative estimate of drug-likeness (QED) is 0.224. The summed E-state index contributed by atoms with van der Waals surface area (Å²) in [5.74, 6) is -0.305. The molecule has 186 valence electrons. The summed E-state index contributed by atoms with van der Waals surface area (Å²) in [4.78, 5) is 11.2. The van der Waals surface area contributed by atoms with Crippen molar-refractivity contribution in [2.75, 3.05) is 12.9 Å². The average Bonchev–Trinajstić information content (AvgIpc) is 2.93. The van der Waals surface area contributed by atoms with Crippen LogP contribution < -0.4 is 4.72 Å². The first-order chi connectivity index (χ1) is 14.9. The van der Waals surface area contributed by atoms with Crippen LogP contribution in [0.25, 0.3) is 0 Å². The van der Waals surface area contributed by atoms with Crippen molar-refractivity contribution in [3.8, 4) is 0 Å². The number of unbranched alkanes of at least 4 members (excludes halogenated alkanes) is 4. The van der Waals surface area contributed by atoms with Crippen LogP contribution in [-0.4, -0.2) is 60.5 Å². The van der Waals surface area contributed by atoms with E-state index in [0.717, 1.165) is 38.4 Å². The zero-order chi connectivity index (χ0) is 24.2. The fourth-order valence-electron chi connectivity index (χ4n) is 3.92. The van der Waals surface area contributed by atoms with Gasteiger partial charge in [-0.25, -0.2) is 17.9 Å². The van der Waals surface area contributed by atoms with Crippen LogP contribution >= 0.6 is 0 Å². The topological polar surface area (TPSA) is 133 Å². The molecule has 0 bridgehead atoms. The lowest BCUT2D eigenvalue weighted by Crippen LogP contribution is -2.30. The minimum atomic E-state index is -3.61. The number of nitrogens with one attached hydrogen (secondary N) is 1. The Hall–Kier alpha value is -1.42. The molecule has 0 aromatic heterocycles. The van der Waals surface area contributed by atoms with Crippen molar-refractivity contribution in [2.45, 2.75) is 89.4 Å². The standard InChI is InChI=1S/C23H41NO7S/c1-4-5-10-14-23(2,28)15-13-19-18(20(25)17-21(19)26)12-9-7-6-8-11-16-31-22(27)24-32(3,29)30/h7,9,13,15,18-21,25-26,28H,4-6,8,10-12,14,16-17H2,1-3H3,(H,24,27)/t18-,19-,20+,21-,23+/m1/s1. The first-order valence-corrected chi connectivity index (χ1v) is 13.4. The van der Waals surface area contributed by atoms with Crippen LogP contribution in [0.3, 0.4) is 0 Å². The van der Waals surface area contributed by atoms with Crippen molar-refractivity contribution in [3.05, 3.63) is 24.3 Å². The lowest BCUT2D eigenvalue weighted by Gasteiger charge is -2.23. The SMILES string of the molecule is CCCCC[C@](C)(O)C=C[C@@H]1[C@@H](CC=CCCCCOC(=O)NS(C)(=O)=O)[C@@H](O)C[C@H]1O. The molecule has 1 fully saturated rings. The van der Waals surface area contributed by atoms with E-state index in [1.54, 1.807) is 17.7 Å². The fourth-order valence-corrected chi connectivity index (χ4v) is 4.28. The molecule has 0 aromatic carbocycles. The van der Waals surface area contributed by atoms with Gasteiger partial charge >= 0.3 is 6.09 Å². The van der Waals surface area contributed by atoms with Crippen molar-refractivity contribution in [3.63, 3.8) is 0 Å². The minimum absolute atomic E-state index is 0.105. The number of aliphatic hydroxyl groups is 3. The molecular formula is C23H41NO7S. The van der Waals surface area contributed by atoms with Gasteiger partial charge in [-0.15, -0.1) is 0 Å². The van der Waals surface area contributed by atoms with Gasteiger partial charge in [-0.05, 0) is 44.9 Å². The first kappa shape index (κ1) is 28.6. The maximum absolute atomic E-state index is 11.2. The second kappa shape index (κ2) is 14.0. The molecule has 1 aliphatic carbocycles. The van der Waals surface area contributed by atoms with Crippen molar-refractivity contribution in [1.29, 1.82) is 0 Å². The summed E-state index contributed by atoms with van der Waals surface area (Å²) in [6, 6.07) is 0. The smallest absolute Gasteiger partial charge is 0.420 e. The number of carbonyl (C=O) groups is 1. The van der Waals surface area contributed by atoms with Gasteiger partial charge in [-0.3, -0.25) is 0 Å². The van der Waals surface area contributed by atoms with Gasteiger partial charge < -0.3 is 20.1 Å².